The topological polar surface area (TPSA) is 26.3 Å². The molecule has 100 valence electrons. The molecule has 0 aliphatic carbocycles. The molecule has 1 aromatic rings. The molecule has 0 heterocycles. The van der Waals surface area contributed by atoms with Gasteiger partial charge in [0.05, 0.1) is 6.61 Å². The van der Waals surface area contributed by atoms with Gasteiger partial charge in [0.25, 0.3) is 0 Å². The monoisotopic (exact) mass is 248 g/mol. The SMILES string of the molecule is CCCCCCC(OCc1ccccc1)C(C)=O. The van der Waals surface area contributed by atoms with Crippen molar-refractivity contribution in [2.45, 2.75) is 58.7 Å². The first-order chi connectivity index (χ1) is 8.74. The van der Waals surface area contributed by atoms with Crippen LogP contribution >= 0.6 is 0 Å². The Morgan fingerprint density at radius 1 is 1.17 bits per heavy atom. The van der Waals surface area contributed by atoms with Gasteiger partial charge < -0.3 is 4.74 Å². The Morgan fingerprint density at radius 2 is 1.89 bits per heavy atom. The molecule has 0 saturated heterocycles. The Labute approximate surface area is 110 Å². The molecule has 1 atom stereocenters. The fourth-order valence-electron chi connectivity index (χ4n) is 1.93. The van der Waals surface area contributed by atoms with Crippen LogP contribution in [-0.2, 0) is 16.1 Å². The van der Waals surface area contributed by atoms with E-state index in [1.165, 1.54) is 19.3 Å². The van der Waals surface area contributed by atoms with E-state index in [1.807, 2.05) is 30.3 Å². The van der Waals surface area contributed by atoms with Crippen LogP contribution in [-0.4, -0.2) is 11.9 Å². The summed E-state index contributed by atoms with van der Waals surface area (Å²) in [7, 11) is 0. The Kier molecular flexibility index (Phi) is 7.35. The summed E-state index contributed by atoms with van der Waals surface area (Å²) in [5.74, 6) is 0.141. The molecule has 0 bridgehead atoms. The fraction of sp³-hybridized carbons (Fsp3) is 0.562. The molecule has 2 nitrogen and oxygen atoms in total. The van der Waals surface area contributed by atoms with Gasteiger partial charge >= 0.3 is 0 Å². The maximum Gasteiger partial charge on any atom is 0.158 e. The number of carbonyl (C=O) groups excluding carboxylic acids is 1. The van der Waals surface area contributed by atoms with Crippen LogP contribution in [0.15, 0.2) is 30.3 Å². The van der Waals surface area contributed by atoms with Crippen molar-refractivity contribution in [3.8, 4) is 0 Å². The number of unbranched alkanes of at least 4 members (excludes halogenated alkanes) is 3. The summed E-state index contributed by atoms with van der Waals surface area (Å²) in [5.41, 5.74) is 1.12. The maximum atomic E-state index is 11.5. The first-order valence-corrected chi connectivity index (χ1v) is 6.90. The molecule has 0 N–H and O–H groups in total. The molecule has 1 aromatic carbocycles. The molecule has 0 aromatic heterocycles. The van der Waals surface area contributed by atoms with E-state index in [2.05, 4.69) is 6.92 Å². The lowest BCUT2D eigenvalue weighted by atomic mass is 10.1. The molecule has 18 heavy (non-hydrogen) atoms. The second-order valence-corrected chi connectivity index (χ2v) is 4.75. The molecule has 0 aliphatic heterocycles. The Hall–Kier alpha value is -1.15. The van der Waals surface area contributed by atoms with Gasteiger partial charge in [-0.2, -0.15) is 0 Å². The molecule has 0 spiro atoms. The van der Waals surface area contributed by atoms with Crippen LogP contribution in [0.4, 0.5) is 0 Å². The summed E-state index contributed by atoms with van der Waals surface area (Å²) in [4.78, 5) is 11.5. The third-order valence-electron chi connectivity index (χ3n) is 3.07. The fourth-order valence-corrected chi connectivity index (χ4v) is 1.93. The average Bonchev–Trinajstić information content (AvgIpc) is 2.38. The van der Waals surface area contributed by atoms with Crippen LogP contribution < -0.4 is 0 Å². The second kappa shape index (κ2) is 8.87. The van der Waals surface area contributed by atoms with Crippen LogP contribution in [0.5, 0.6) is 0 Å². The lowest BCUT2D eigenvalue weighted by Crippen LogP contribution is -2.21. The minimum Gasteiger partial charge on any atom is -0.366 e. The third-order valence-corrected chi connectivity index (χ3v) is 3.07. The van der Waals surface area contributed by atoms with Crippen molar-refractivity contribution < 1.29 is 9.53 Å². The van der Waals surface area contributed by atoms with Gasteiger partial charge in [0.15, 0.2) is 5.78 Å². The van der Waals surface area contributed by atoms with Gasteiger partial charge in [-0.1, -0.05) is 62.9 Å². The molecule has 0 fully saturated rings. The summed E-state index contributed by atoms with van der Waals surface area (Å²) in [6.45, 7) is 4.34. The smallest absolute Gasteiger partial charge is 0.158 e. The summed E-state index contributed by atoms with van der Waals surface area (Å²) < 4.78 is 5.72. The van der Waals surface area contributed by atoms with Crippen LogP contribution in [0.3, 0.4) is 0 Å². The number of Topliss-reactive ketones (excluding diaryl/α,β-unsaturated/α-hetero) is 1. The molecule has 1 unspecified atom stereocenters. The van der Waals surface area contributed by atoms with E-state index < -0.39 is 0 Å². The van der Waals surface area contributed by atoms with Gasteiger partial charge in [0.2, 0.25) is 0 Å². The normalized spacial score (nSPS) is 12.3. The van der Waals surface area contributed by atoms with Gasteiger partial charge in [-0.3, -0.25) is 4.79 Å². The number of rotatable bonds is 9. The highest BCUT2D eigenvalue weighted by atomic mass is 16.5. The van der Waals surface area contributed by atoms with E-state index in [9.17, 15) is 4.79 Å². The van der Waals surface area contributed by atoms with Crippen LogP contribution in [0.25, 0.3) is 0 Å². The van der Waals surface area contributed by atoms with Crippen LogP contribution in [0, 0.1) is 0 Å². The van der Waals surface area contributed by atoms with Crippen molar-refractivity contribution >= 4 is 5.78 Å². The largest absolute Gasteiger partial charge is 0.366 e. The molecule has 0 radical (unpaired) electrons. The zero-order valence-electron chi connectivity index (χ0n) is 11.5. The number of hydrogen-bond acceptors (Lipinski definition) is 2. The number of hydrogen-bond donors (Lipinski definition) is 0. The van der Waals surface area contributed by atoms with E-state index in [0.717, 1.165) is 18.4 Å². The minimum absolute atomic E-state index is 0.141. The first-order valence-electron chi connectivity index (χ1n) is 6.90. The van der Waals surface area contributed by atoms with E-state index in [-0.39, 0.29) is 11.9 Å². The lowest BCUT2D eigenvalue weighted by molar-refractivity contribution is -0.129. The molecule has 0 amide bonds. The van der Waals surface area contributed by atoms with Gasteiger partial charge in [-0.15, -0.1) is 0 Å². The van der Waals surface area contributed by atoms with E-state index in [1.54, 1.807) is 6.92 Å². The number of ether oxygens (including phenoxy) is 1. The van der Waals surface area contributed by atoms with Gasteiger partial charge in [-0.25, -0.2) is 0 Å². The second-order valence-electron chi connectivity index (χ2n) is 4.75. The molecule has 2 heteroatoms. The summed E-state index contributed by atoms with van der Waals surface area (Å²) in [5, 5.41) is 0. The van der Waals surface area contributed by atoms with Crippen molar-refractivity contribution in [2.75, 3.05) is 0 Å². The van der Waals surface area contributed by atoms with Crippen molar-refractivity contribution in [1.29, 1.82) is 0 Å². The highest BCUT2D eigenvalue weighted by Gasteiger charge is 2.14. The van der Waals surface area contributed by atoms with Crippen molar-refractivity contribution in [3.05, 3.63) is 35.9 Å². The molecular weight excluding hydrogens is 224 g/mol. The van der Waals surface area contributed by atoms with E-state index in [4.69, 9.17) is 4.74 Å². The Balaban J connectivity index is 2.32. The first kappa shape index (κ1) is 14.9. The predicted octanol–water partition coefficient (Wildman–Crippen LogP) is 4.13. The van der Waals surface area contributed by atoms with Crippen LogP contribution in [0.1, 0.15) is 51.5 Å². The quantitative estimate of drug-likeness (QED) is 0.614. The van der Waals surface area contributed by atoms with Crippen molar-refractivity contribution in [3.63, 3.8) is 0 Å². The van der Waals surface area contributed by atoms with Gasteiger partial charge in [-0.05, 0) is 18.9 Å². The third kappa shape index (κ3) is 5.97. The zero-order chi connectivity index (χ0) is 13.2. The van der Waals surface area contributed by atoms with E-state index >= 15 is 0 Å². The van der Waals surface area contributed by atoms with Crippen LogP contribution in [0.2, 0.25) is 0 Å². The highest BCUT2D eigenvalue weighted by molar-refractivity contribution is 5.80. The average molecular weight is 248 g/mol. The number of carbonyl (C=O) groups is 1. The molecular formula is C16H24O2. The number of benzene rings is 1. The van der Waals surface area contributed by atoms with E-state index in [0.29, 0.717) is 6.61 Å². The van der Waals surface area contributed by atoms with Crippen molar-refractivity contribution in [2.24, 2.45) is 0 Å². The lowest BCUT2D eigenvalue weighted by Gasteiger charge is -2.15. The van der Waals surface area contributed by atoms with Gasteiger partial charge in [0, 0.05) is 0 Å². The minimum atomic E-state index is -0.234. The Bertz CT molecular complexity index is 332. The summed E-state index contributed by atoms with van der Waals surface area (Å²) >= 11 is 0. The molecule has 1 rings (SSSR count). The summed E-state index contributed by atoms with van der Waals surface area (Å²) in [6.07, 6.45) is 5.34. The molecule has 0 aliphatic rings. The van der Waals surface area contributed by atoms with Crippen molar-refractivity contribution in [1.82, 2.24) is 0 Å². The zero-order valence-corrected chi connectivity index (χ0v) is 11.5. The predicted molar refractivity (Wildman–Crippen MR) is 74.5 cm³/mol. The summed E-state index contributed by atoms with van der Waals surface area (Å²) in [6, 6.07) is 10.0. The highest BCUT2D eigenvalue weighted by Crippen LogP contribution is 2.11. The Morgan fingerprint density at radius 3 is 2.50 bits per heavy atom. The maximum absolute atomic E-state index is 11.5. The number of ketones is 1. The standard InChI is InChI=1S/C16H24O2/c1-3-4-5-9-12-16(14(2)17)18-13-15-10-7-6-8-11-15/h6-8,10-11,16H,3-5,9,12-13H2,1-2H3. The van der Waals surface area contributed by atoms with Gasteiger partial charge in [0.1, 0.15) is 6.10 Å². The molecule has 0 saturated carbocycles.